The fourth-order valence-corrected chi connectivity index (χ4v) is 2.74. The molecule has 1 aromatic carbocycles. The van der Waals surface area contributed by atoms with E-state index in [1.807, 2.05) is 7.05 Å². The number of rotatable bonds is 4. The minimum atomic E-state index is 0.0156. The summed E-state index contributed by atoms with van der Waals surface area (Å²) in [7, 11) is 1.84. The Morgan fingerprint density at radius 3 is 2.41 bits per heavy atom. The van der Waals surface area contributed by atoms with E-state index in [1.54, 1.807) is 23.1 Å². The van der Waals surface area contributed by atoms with Crippen molar-refractivity contribution in [2.24, 2.45) is 0 Å². The molecule has 0 N–H and O–H groups in total. The van der Waals surface area contributed by atoms with Crippen molar-refractivity contribution in [1.29, 1.82) is 0 Å². The highest BCUT2D eigenvalue weighted by Crippen LogP contribution is 2.21. The van der Waals surface area contributed by atoms with Crippen LogP contribution in [0.25, 0.3) is 0 Å². The lowest BCUT2D eigenvalue weighted by molar-refractivity contribution is 0.0723. The van der Waals surface area contributed by atoms with Crippen LogP contribution in [0.2, 0.25) is 5.02 Å². The second kappa shape index (κ2) is 6.41. The van der Waals surface area contributed by atoms with Crippen LogP contribution in [0.1, 0.15) is 37.0 Å². The van der Waals surface area contributed by atoms with Gasteiger partial charge in [0.25, 0.3) is 5.91 Å². The summed E-state index contributed by atoms with van der Waals surface area (Å²) in [5, 5.41) is 0.570. The van der Waals surface area contributed by atoms with E-state index in [-0.39, 0.29) is 11.9 Å². The lowest BCUT2D eigenvalue weighted by Crippen LogP contribution is -2.36. The first-order chi connectivity index (χ1) is 7.99. The highest BCUT2D eigenvalue weighted by molar-refractivity contribution is 9.10. The van der Waals surface area contributed by atoms with Crippen molar-refractivity contribution in [3.63, 3.8) is 0 Å². The van der Waals surface area contributed by atoms with Crippen LogP contribution < -0.4 is 0 Å². The van der Waals surface area contributed by atoms with E-state index < -0.39 is 0 Å². The molecule has 0 saturated heterocycles. The van der Waals surface area contributed by atoms with Crippen LogP contribution in [0, 0.1) is 0 Å². The predicted octanol–water partition coefficient (Wildman–Crippen LogP) is 4.36. The summed E-state index contributed by atoms with van der Waals surface area (Å²) in [5.74, 6) is 0.0156. The van der Waals surface area contributed by atoms with Crippen LogP contribution in [-0.4, -0.2) is 23.9 Å². The molecule has 0 aliphatic rings. The van der Waals surface area contributed by atoms with Crippen molar-refractivity contribution in [2.75, 3.05) is 7.05 Å². The molecule has 1 aromatic rings. The second-order valence-corrected chi connectivity index (χ2v) is 5.40. The van der Waals surface area contributed by atoms with Gasteiger partial charge in [0.2, 0.25) is 0 Å². The standard InChI is InChI=1S/C13H17BrClNO/c1-4-12(5-2)16(3)13(17)9-6-10(14)8-11(15)7-9/h6-8,12H,4-5H2,1-3H3. The van der Waals surface area contributed by atoms with E-state index >= 15 is 0 Å². The van der Waals surface area contributed by atoms with E-state index in [1.165, 1.54) is 0 Å². The molecule has 0 heterocycles. The molecule has 0 spiro atoms. The van der Waals surface area contributed by atoms with Crippen LogP contribution in [-0.2, 0) is 0 Å². The van der Waals surface area contributed by atoms with Crippen molar-refractivity contribution in [3.8, 4) is 0 Å². The lowest BCUT2D eigenvalue weighted by atomic mass is 10.1. The summed E-state index contributed by atoms with van der Waals surface area (Å²) < 4.78 is 0.825. The molecule has 0 saturated carbocycles. The van der Waals surface area contributed by atoms with Crippen molar-refractivity contribution in [3.05, 3.63) is 33.3 Å². The van der Waals surface area contributed by atoms with Gasteiger partial charge in [-0.25, -0.2) is 0 Å². The summed E-state index contributed by atoms with van der Waals surface area (Å²) in [6, 6.07) is 5.55. The van der Waals surface area contributed by atoms with Crippen LogP contribution in [0.4, 0.5) is 0 Å². The molecular formula is C13H17BrClNO. The Morgan fingerprint density at radius 1 is 1.35 bits per heavy atom. The minimum absolute atomic E-state index is 0.0156. The van der Waals surface area contributed by atoms with Crippen LogP contribution in [0.15, 0.2) is 22.7 Å². The van der Waals surface area contributed by atoms with Crippen molar-refractivity contribution in [2.45, 2.75) is 32.7 Å². The molecule has 4 heteroatoms. The fraction of sp³-hybridized carbons (Fsp3) is 0.462. The summed E-state index contributed by atoms with van der Waals surface area (Å²) in [6.45, 7) is 4.18. The monoisotopic (exact) mass is 317 g/mol. The molecule has 0 radical (unpaired) electrons. The third-order valence-electron chi connectivity index (χ3n) is 2.92. The van der Waals surface area contributed by atoms with Crippen LogP contribution in [0.5, 0.6) is 0 Å². The SMILES string of the molecule is CCC(CC)N(C)C(=O)c1cc(Cl)cc(Br)c1. The molecule has 2 nitrogen and oxygen atoms in total. The van der Waals surface area contributed by atoms with Gasteiger partial charge in [-0.2, -0.15) is 0 Å². The Labute approximate surface area is 116 Å². The molecule has 1 rings (SSSR count). The first kappa shape index (κ1) is 14.5. The van der Waals surface area contributed by atoms with E-state index in [0.29, 0.717) is 10.6 Å². The lowest BCUT2D eigenvalue weighted by Gasteiger charge is -2.26. The van der Waals surface area contributed by atoms with Crippen LogP contribution >= 0.6 is 27.5 Å². The Kier molecular flexibility index (Phi) is 5.47. The molecule has 1 amide bonds. The Bertz CT molecular complexity index is 384. The number of carbonyl (C=O) groups excluding carboxylic acids is 1. The highest BCUT2D eigenvalue weighted by atomic mass is 79.9. The molecule has 17 heavy (non-hydrogen) atoms. The average Bonchev–Trinajstić information content (AvgIpc) is 2.28. The van der Waals surface area contributed by atoms with Gasteiger partial charge in [0, 0.05) is 28.1 Å². The zero-order valence-electron chi connectivity index (χ0n) is 10.3. The first-order valence-electron chi connectivity index (χ1n) is 5.72. The van der Waals surface area contributed by atoms with Crippen molar-refractivity contribution >= 4 is 33.4 Å². The van der Waals surface area contributed by atoms with Gasteiger partial charge < -0.3 is 4.90 Å². The molecule has 0 aliphatic carbocycles. The van der Waals surface area contributed by atoms with Gasteiger partial charge in [0.15, 0.2) is 0 Å². The topological polar surface area (TPSA) is 20.3 Å². The largest absolute Gasteiger partial charge is 0.339 e. The molecule has 94 valence electrons. The van der Waals surface area contributed by atoms with Crippen LogP contribution in [0.3, 0.4) is 0 Å². The number of hydrogen-bond acceptors (Lipinski definition) is 1. The van der Waals surface area contributed by atoms with Crippen molar-refractivity contribution in [1.82, 2.24) is 4.90 Å². The van der Waals surface area contributed by atoms with Gasteiger partial charge in [-0.05, 0) is 31.0 Å². The average molecular weight is 319 g/mol. The van der Waals surface area contributed by atoms with E-state index in [9.17, 15) is 4.79 Å². The van der Waals surface area contributed by atoms with E-state index in [2.05, 4.69) is 29.8 Å². The van der Waals surface area contributed by atoms with Gasteiger partial charge in [-0.15, -0.1) is 0 Å². The van der Waals surface area contributed by atoms with Crippen molar-refractivity contribution < 1.29 is 4.79 Å². The molecular weight excluding hydrogens is 302 g/mol. The quantitative estimate of drug-likeness (QED) is 0.807. The molecule has 0 aromatic heterocycles. The highest BCUT2D eigenvalue weighted by Gasteiger charge is 2.18. The number of nitrogens with zero attached hydrogens (tertiary/aromatic N) is 1. The Hall–Kier alpha value is -0.540. The van der Waals surface area contributed by atoms with Gasteiger partial charge in [-0.3, -0.25) is 4.79 Å². The van der Waals surface area contributed by atoms with Gasteiger partial charge in [0.05, 0.1) is 0 Å². The maximum atomic E-state index is 12.3. The third-order valence-corrected chi connectivity index (χ3v) is 3.60. The normalized spacial score (nSPS) is 10.7. The molecule has 0 fully saturated rings. The predicted molar refractivity (Wildman–Crippen MR) is 75.6 cm³/mol. The fourth-order valence-electron chi connectivity index (χ4n) is 1.88. The van der Waals surface area contributed by atoms with E-state index in [4.69, 9.17) is 11.6 Å². The maximum Gasteiger partial charge on any atom is 0.253 e. The molecule has 0 aliphatic heterocycles. The number of halogens is 2. The zero-order chi connectivity index (χ0) is 13.0. The maximum absolute atomic E-state index is 12.3. The number of hydrogen-bond donors (Lipinski definition) is 0. The molecule has 0 unspecified atom stereocenters. The second-order valence-electron chi connectivity index (χ2n) is 4.04. The minimum Gasteiger partial charge on any atom is -0.339 e. The Morgan fingerprint density at radius 2 is 1.94 bits per heavy atom. The summed E-state index contributed by atoms with van der Waals surface area (Å²) >= 11 is 9.29. The Balaban J connectivity index is 2.95. The number of amides is 1. The third kappa shape index (κ3) is 3.71. The number of carbonyl (C=O) groups is 1. The number of benzene rings is 1. The summed E-state index contributed by atoms with van der Waals surface area (Å²) in [5.41, 5.74) is 0.624. The summed E-state index contributed by atoms with van der Waals surface area (Å²) in [6.07, 6.45) is 1.92. The smallest absolute Gasteiger partial charge is 0.253 e. The van der Waals surface area contributed by atoms with Gasteiger partial charge in [-0.1, -0.05) is 41.4 Å². The first-order valence-corrected chi connectivity index (χ1v) is 6.89. The zero-order valence-corrected chi connectivity index (χ0v) is 12.7. The van der Waals surface area contributed by atoms with E-state index in [0.717, 1.165) is 17.3 Å². The van der Waals surface area contributed by atoms with Gasteiger partial charge in [0.1, 0.15) is 0 Å². The molecule has 0 bridgehead atoms. The summed E-state index contributed by atoms with van der Waals surface area (Å²) in [4.78, 5) is 14.0. The molecule has 0 atom stereocenters. The van der Waals surface area contributed by atoms with Gasteiger partial charge >= 0.3 is 0 Å².